The molecular formula is C28H30F4N4O4. The van der Waals surface area contributed by atoms with Crippen molar-refractivity contribution >= 4 is 23.5 Å². The second-order valence-electron chi connectivity index (χ2n) is 11.7. The van der Waals surface area contributed by atoms with Gasteiger partial charge in [-0.05, 0) is 80.5 Å². The SMILES string of the molecule is O=C(NC1CC2CC(C1)CC(C(=O)O)C2)c1cnc(N2CC3(CCOCC3)c3cc(F)ccc32)nc1C(F)(F)F. The van der Waals surface area contributed by atoms with Gasteiger partial charge in [0.15, 0.2) is 5.69 Å². The summed E-state index contributed by atoms with van der Waals surface area (Å²) in [6, 6.07) is 3.86. The quantitative estimate of drug-likeness (QED) is 0.514. The van der Waals surface area contributed by atoms with Crippen molar-refractivity contribution in [3.05, 3.63) is 47.0 Å². The number of nitrogens with one attached hydrogen (secondary N) is 1. The third-order valence-electron chi connectivity index (χ3n) is 9.08. The van der Waals surface area contributed by atoms with Gasteiger partial charge in [0.05, 0.1) is 11.5 Å². The summed E-state index contributed by atoms with van der Waals surface area (Å²) in [5.74, 6) is -2.55. The Morgan fingerprint density at radius 1 is 1.07 bits per heavy atom. The first-order valence-corrected chi connectivity index (χ1v) is 13.7. The summed E-state index contributed by atoms with van der Waals surface area (Å²) in [6.07, 6.45) is 0.130. The number of ether oxygens (including phenoxy) is 1. The van der Waals surface area contributed by atoms with Crippen LogP contribution in [0, 0.1) is 23.6 Å². The highest BCUT2D eigenvalue weighted by atomic mass is 19.4. The zero-order chi connectivity index (χ0) is 28.2. The number of hydrogen-bond acceptors (Lipinski definition) is 6. The molecule has 8 nitrogen and oxygen atoms in total. The first kappa shape index (κ1) is 26.9. The van der Waals surface area contributed by atoms with Crippen LogP contribution in [-0.4, -0.2) is 52.8 Å². The lowest BCUT2D eigenvalue weighted by molar-refractivity contribution is -0.144. The van der Waals surface area contributed by atoms with Gasteiger partial charge in [-0.1, -0.05) is 0 Å². The van der Waals surface area contributed by atoms with Crippen LogP contribution in [0.2, 0.25) is 0 Å². The van der Waals surface area contributed by atoms with Gasteiger partial charge in [0.1, 0.15) is 5.82 Å². The van der Waals surface area contributed by atoms with Crippen molar-refractivity contribution in [3.63, 3.8) is 0 Å². The van der Waals surface area contributed by atoms with Gasteiger partial charge in [0.25, 0.3) is 5.91 Å². The lowest BCUT2D eigenvalue weighted by Crippen LogP contribution is -2.44. The lowest BCUT2D eigenvalue weighted by Gasteiger charge is -2.41. The Kier molecular flexibility index (Phi) is 6.71. The van der Waals surface area contributed by atoms with Gasteiger partial charge in [-0.3, -0.25) is 9.59 Å². The smallest absolute Gasteiger partial charge is 0.434 e. The zero-order valence-electron chi connectivity index (χ0n) is 21.7. The molecule has 2 aliphatic heterocycles. The average Bonchev–Trinajstić information content (AvgIpc) is 3.20. The van der Waals surface area contributed by atoms with E-state index in [-0.39, 0.29) is 30.4 Å². The number of rotatable bonds is 4. The number of aliphatic carboxylic acids is 1. The summed E-state index contributed by atoms with van der Waals surface area (Å²) in [4.78, 5) is 34.2. The number of carboxylic acids is 1. The Morgan fingerprint density at radius 3 is 2.42 bits per heavy atom. The molecule has 4 aliphatic rings. The maximum Gasteiger partial charge on any atom is 0.434 e. The second kappa shape index (κ2) is 9.97. The standard InChI is InChI=1S/C28H30F4N4O4/c29-18-1-2-22-21(12-18)27(3-5-40-6-4-27)14-36(22)26-33-13-20(23(35-26)28(30,31)32)24(37)34-19-10-15-7-16(11-19)9-17(8-15)25(38)39/h1-2,12-13,15-17,19H,3-11,14H2,(H,34,37)(H,38,39). The number of benzene rings is 1. The number of amides is 1. The van der Waals surface area contributed by atoms with E-state index in [0.29, 0.717) is 63.0 Å². The molecule has 2 aliphatic carbocycles. The number of carbonyl (C=O) groups excluding carboxylic acids is 1. The Labute approximate surface area is 228 Å². The molecule has 1 spiro atoms. The van der Waals surface area contributed by atoms with Crippen molar-refractivity contribution < 1.29 is 37.0 Å². The minimum Gasteiger partial charge on any atom is -0.481 e. The molecule has 3 heterocycles. The van der Waals surface area contributed by atoms with Crippen molar-refractivity contribution in [1.29, 1.82) is 0 Å². The maximum absolute atomic E-state index is 14.2. The topological polar surface area (TPSA) is 105 Å². The molecule has 214 valence electrons. The molecule has 0 radical (unpaired) electrons. The molecule has 3 fully saturated rings. The molecule has 2 saturated carbocycles. The largest absolute Gasteiger partial charge is 0.481 e. The summed E-state index contributed by atoms with van der Waals surface area (Å²) in [6.45, 7) is 1.19. The molecule has 1 saturated heterocycles. The molecule has 2 aromatic rings. The van der Waals surface area contributed by atoms with Crippen LogP contribution < -0.4 is 10.2 Å². The third-order valence-corrected chi connectivity index (χ3v) is 9.08. The van der Waals surface area contributed by atoms with Gasteiger partial charge in [-0.15, -0.1) is 0 Å². The molecule has 2 bridgehead atoms. The maximum atomic E-state index is 14.2. The normalized spacial score (nSPS) is 27.4. The number of aromatic nitrogens is 2. The minimum absolute atomic E-state index is 0.109. The zero-order valence-corrected chi connectivity index (χ0v) is 21.7. The summed E-state index contributed by atoms with van der Waals surface area (Å²) in [5, 5.41) is 12.1. The molecule has 1 aromatic carbocycles. The fourth-order valence-corrected chi connectivity index (χ4v) is 7.33. The fourth-order valence-electron chi connectivity index (χ4n) is 7.33. The molecule has 1 amide bonds. The molecule has 2 N–H and O–H groups in total. The Morgan fingerprint density at radius 2 is 1.77 bits per heavy atom. The van der Waals surface area contributed by atoms with Crippen molar-refractivity contribution in [2.75, 3.05) is 24.7 Å². The van der Waals surface area contributed by atoms with E-state index in [2.05, 4.69) is 15.3 Å². The van der Waals surface area contributed by atoms with E-state index in [4.69, 9.17) is 4.74 Å². The number of carbonyl (C=O) groups is 2. The number of anilines is 2. The Bertz CT molecular complexity index is 1320. The summed E-state index contributed by atoms with van der Waals surface area (Å²) >= 11 is 0. The van der Waals surface area contributed by atoms with Crippen molar-refractivity contribution in [2.45, 2.75) is 62.6 Å². The molecule has 12 heteroatoms. The Hall–Kier alpha value is -3.28. The number of fused-ring (bicyclic) bond motifs is 4. The molecule has 40 heavy (non-hydrogen) atoms. The van der Waals surface area contributed by atoms with Gasteiger partial charge in [-0.25, -0.2) is 14.4 Å². The van der Waals surface area contributed by atoms with Gasteiger partial charge in [0, 0.05) is 43.1 Å². The molecular weight excluding hydrogens is 532 g/mol. The highest BCUT2D eigenvalue weighted by Gasteiger charge is 2.47. The van der Waals surface area contributed by atoms with Crippen LogP contribution >= 0.6 is 0 Å². The van der Waals surface area contributed by atoms with Crippen LogP contribution in [0.15, 0.2) is 24.4 Å². The molecule has 2 unspecified atom stereocenters. The van der Waals surface area contributed by atoms with Crippen LogP contribution in [0.4, 0.5) is 29.2 Å². The van der Waals surface area contributed by atoms with Crippen LogP contribution in [0.25, 0.3) is 0 Å². The second-order valence-corrected chi connectivity index (χ2v) is 11.7. The van der Waals surface area contributed by atoms with Crippen molar-refractivity contribution in [3.8, 4) is 0 Å². The molecule has 2 atom stereocenters. The minimum atomic E-state index is -4.91. The first-order valence-electron chi connectivity index (χ1n) is 13.7. The fraction of sp³-hybridized carbons (Fsp3) is 0.571. The number of carboxylic acid groups (broad SMARTS) is 1. The highest BCUT2D eigenvalue weighted by molar-refractivity contribution is 5.95. The van der Waals surface area contributed by atoms with E-state index >= 15 is 0 Å². The van der Waals surface area contributed by atoms with Crippen LogP contribution in [-0.2, 0) is 21.1 Å². The molecule has 6 rings (SSSR count). The summed E-state index contributed by atoms with van der Waals surface area (Å²) in [5.41, 5.74) is -1.24. The van der Waals surface area contributed by atoms with Gasteiger partial charge in [-0.2, -0.15) is 13.2 Å². The molecule has 1 aromatic heterocycles. The third kappa shape index (κ3) is 4.90. The first-order chi connectivity index (χ1) is 19.0. The van der Waals surface area contributed by atoms with Gasteiger partial charge in [0.2, 0.25) is 5.95 Å². The van der Waals surface area contributed by atoms with Gasteiger partial charge < -0.3 is 20.1 Å². The summed E-state index contributed by atoms with van der Waals surface area (Å²) in [7, 11) is 0. The monoisotopic (exact) mass is 562 g/mol. The lowest BCUT2D eigenvalue weighted by atomic mass is 9.66. The average molecular weight is 563 g/mol. The van der Waals surface area contributed by atoms with Crippen LogP contribution in [0.1, 0.15) is 66.6 Å². The predicted molar refractivity (Wildman–Crippen MR) is 135 cm³/mol. The van der Waals surface area contributed by atoms with E-state index in [9.17, 15) is 32.3 Å². The van der Waals surface area contributed by atoms with Gasteiger partial charge >= 0.3 is 12.1 Å². The summed E-state index contributed by atoms with van der Waals surface area (Å²) < 4.78 is 62.4. The number of halogens is 4. The number of alkyl halides is 3. The van der Waals surface area contributed by atoms with E-state index in [1.54, 1.807) is 4.90 Å². The van der Waals surface area contributed by atoms with Crippen molar-refractivity contribution in [2.24, 2.45) is 17.8 Å². The number of nitrogens with zero attached hydrogens (tertiary/aromatic N) is 3. The highest BCUT2D eigenvalue weighted by Crippen LogP contribution is 2.49. The Balaban J connectivity index is 1.26. The van der Waals surface area contributed by atoms with Crippen LogP contribution in [0.5, 0.6) is 0 Å². The van der Waals surface area contributed by atoms with Crippen LogP contribution in [0.3, 0.4) is 0 Å². The number of hydrogen-bond donors (Lipinski definition) is 2. The predicted octanol–water partition coefficient (Wildman–Crippen LogP) is 4.84. The van der Waals surface area contributed by atoms with E-state index in [1.807, 2.05) is 0 Å². The van der Waals surface area contributed by atoms with E-state index in [1.165, 1.54) is 18.2 Å². The van der Waals surface area contributed by atoms with E-state index in [0.717, 1.165) is 12.6 Å². The van der Waals surface area contributed by atoms with E-state index < -0.39 is 46.5 Å². The van der Waals surface area contributed by atoms with Crippen molar-refractivity contribution in [1.82, 2.24) is 15.3 Å².